The lowest BCUT2D eigenvalue weighted by Gasteiger charge is -2.29. The molecular weight excluding hydrogens is 288 g/mol. The maximum atomic E-state index is 12.4. The molecule has 6 heteroatoms. The summed E-state index contributed by atoms with van der Waals surface area (Å²) >= 11 is 0. The van der Waals surface area contributed by atoms with Gasteiger partial charge in [-0.05, 0) is 26.7 Å². The quantitative estimate of drug-likeness (QED) is 0.546. The molecule has 0 N–H and O–H groups in total. The van der Waals surface area contributed by atoms with E-state index in [0.717, 1.165) is 12.8 Å². The van der Waals surface area contributed by atoms with E-state index in [-0.39, 0.29) is 36.4 Å². The summed E-state index contributed by atoms with van der Waals surface area (Å²) in [6.07, 6.45) is 2.80. The van der Waals surface area contributed by atoms with E-state index in [1.54, 1.807) is 0 Å². The lowest BCUT2D eigenvalue weighted by molar-refractivity contribution is -0.168. The first-order valence-corrected chi connectivity index (χ1v) is 8.20. The summed E-state index contributed by atoms with van der Waals surface area (Å²) < 4.78 is 21.2. The van der Waals surface area contributed by atoms with Crippen LogP contribution in [-0.4, -0.2) is 49.6 Å². The summed E-state index contributed by atoms with van der Waals surface area (Å²) in [5.74, 6) is -1.37. The Kier molecular flexibility index (Phi) is 4.68. The van der Waals surface area contributed by atoms with Crippen LogP contribution in [0.1, 0.15) is 39.5 Å². The smallest absolute Gasteiger partial charge is 0.310 e. The van der Waals surface area contributed by atoms with Gasteiger partial charge in [-0.25, -0.2) is 0 Å². The molecule has 0 aromatic rings. The lowest BCUT2D eigenvalue weighted by Crippen LogP contribution is -2.38. The number of hydrogen-bond donors (Lipinski definition) is 0. The molecule has 6 unspecified atom stereocenters. The number of rotatable bonds is 6. The molecule has 22 heavy (non-hydrogen) atoms. The molecule has 1 saturated carbocycles. The minimum atomic E-state index is -0.394. The molecule has 0 bridgehead atoms. The summed E-state index contributed by atoms with van der Waals surface area (Å²) in [6, 6.07) is 0. The predicted octanol–water partition coefficient (Wildman–Crippen LogP) is 1.45. The van der Waals surface area contributed by atoms with E-state index in [4.69, 9.17) is 18.9 Å². The Morgan fingerprint density at radius 2 is 1.23 bits per heavy atom. The largest absolute Gasteiger partial charge is 0.460 e. The van der Waals surface area contributed by atoms with Crippen molar-refractivity contribution in [1.29, 1.82) is 0 Å². The summed E-state index contributed by atoms with van der Waals surface area (Å²) in [5.41, 5.74) is 0. The maximum absolute atomic E-state index is 12.4. The molecule has 2 saturated heterocycles. The highest BCUT2D eigenvalue weighted by molar-refractivity contribution is 5.82. The van der Waals surface area contributed by atoms with Crippen LogP contribution in [0.25, 0.3) is 0 Å². The Morgan fingerprint density at radius 1 is 0.864 bits per heavy atom. The van der Waals surface area contributed by atoms with Crippen molar-refractivity contribution in [2.24, 2.45) is 11.8 Å². The summed E-state index contributed by atoms with van der Waals surface area (Å²) in [6.45, 7) is 4.95. The summed E-state index contributed by atoms with van der Waals surface area (Å²) in [4.78, 5) is 24.8. The normalized spacial score (nSPS) is 36.1. The van der Waals surface area contributed by atoms with E-state index in [1.807, 2.05) is 13.8 Å². The van der Waals surface area contributed by atoms with Crippen molar-refractivity contribution in [2.45, 2.75) is 63.9 Å². The summed E-state index contributed by atoms with van der Waals surface area (Å²) in [7, 11) is 0. The van der Waals surface area contributed by atoms with Gasteiger partial charge in [0, 0.05) is 0 Å². The molecular formula is C16H24O6. The molecule has 1 aliphatic carbocycles. The Bertz CT molecular complexity index is 388. The van der Waals surface area contributed by atoms with Crippen molar-refractivity contribution in [3.63, 3.8) is 0 Å². The third kappa shape index (κ3) is 3.79. The van der Waals surface area contributed by atoms with E-state index in [0.29, 0.717) is 26.1 Å². The highest BCUT2D eigenvalue weighted by Gasteiger charge is 2.42. The van der Waals surface area contributed by atoms with Crippen LogP contribution in [0.5, 0.6) is 0 Å². The molecule has 6 atom stereocenters. The Labute approximate surface area is 130 Å². The molecule has 2 heterocycles. The van der Waals surface area contributed by atoms with Gasteiger partial charge in [-0.15, -0.1) is 0 Å². The van der Waals surface area contributed by atoms with Gasteiger partial charge in [-0.3, -0.25) is 9.59 Å². The zero-order valence-corrected chi connectivity index (χ0v) is 13.2. The summed E-state index contributed by atoms with van der Waals surface area (Å²) in [5, 5.41) is 0. The topological polar surface area (TPSA) is 77.7 Å². The van der Waals surface area contributed by atoms with E-state index < -0.39 is 11.8 Å². The van der Waals surface area contributed by atoms with Crippen molar-refractivity contribution >= 4 is 11.9 Å². The van der Waals surface area contributed by atoms with Crippen molar-refractivity contribution in [3.05, 3.63) is 0 Å². The lowest BCUT2D eigenvalue weighted by atomic mass is 9.79. The molecule has 0 spiro atoms. The molecule has 0 radical (unpaired) electrons. The fourth-order valence-corrected chi connectivity index (χ4v) is 3.04. The van der Waals surface area contributed by atoms with E-state index in [9.17, 15) is 9.59 Å². The van der Waals surface area contributed by atoms with Crippen LogP contribution in [0.4, 0.5) is 0 Å². The molecule has 0 aromatic carbocycles. The van der Waals surface area contributed by atoms with Gasteiger partial charge in [0.2, 0.25) is 0 Å². The van der Waals surface area contributed by atoms with Crippen molar-refractivity contribution < 1.29 is 28.5 Å². The van der Waals surface area contributed by atoms with Crippen LogP contribution in [0, 0.1) is 11.8 Å². The molecule has 124 valence electrons. The monoisotopic (exact) mass is 312 g/mol. The molecule has 3 aliphatic rings. The third-order valence-electron chi connectivity index (χ3n) is 4.74. The fourth-order valence-electron chi connectivity index (χ4n) is 3.04. The van der Waals surface area contributed by atoms with E-state index in [1.165, 1.54) is 0 Å². The second-order valence-electron chi connectivity index (χ2n) is 6.53. The Balaban J connectivity index is 1.56. The number of epoxide rings is 2. The second-order valence-corrected chi connectivity index (χ2v) is 6.53. The van der Waals surface area contributed by atoms with Gasteiger partial charge in [0.1, 0.15) is 24.4 Å². The zero-order valence-electron chi connectivity index (χ0n) is 13.2. The number of carbonyl (C=O) groups is 2. The van der Waals surface area contributed by atoms with Crippen LogP contribution < -0.4 is 0 Å². The standard InChI is InChI=1S/C16H24O6/c1-9(13-7-19-13)21-15(17)11-5-3-4-6-12(11)16(18)22-10(2)14-8-20-14/h9-14H,3-8H2,1-2H3. The van der Waals surface area contributed by atoms with Gasteiger partial charge in [-0.1, -0.05) is 12.8 Å². The molecule has 0 aromatic heterocycles. The van der Waals surface area contributed by atoms with Gasteiger partial charge in [0.05, 0.1) is 25.0 Å². The van der Waals surface area contributed by atoms with Gasteiger partial charge in [-0.2, -0.15) is 0 Å². The fraction of sp³-hybridized carbons (Fsp3) is 0.875. The minimum absolute atomic E-state index is 0.0185. The van der Waals surface area contributed by atoms with Crippen LogP contribution in [0.3, 0.4) is 0 Å². The average Bonchev–Trinajstić information content (AvgIpc) is 3.39. The van der Waals surface area contributed by atoms with Gasteiger partial charge >= 0.3 is 11.9 Å². The number of carbonyl (C=O) groups excluding carboxylic acids is 2. The molecule has 3 fully saturated rings. The van der Waals surface area contributed by atoms with Crippen LogP contribution in [0.2, 0.25) is 0 Å². The number of esters is 2. The minimum Gasteiger partial charge on any atom is -0.460 e. The maximum Gasteiger partial charge on any atom is 0.310 e. The van der Waals surface area contributed by atoms with Crippen molar-refractivity contribution in [1.82, 2.24) is 0 Å². The third-order valence-corrected chi connectivity index (χ3v) is 4.74. The highest BCUT2D eigenvalue weighted by atomic mass is 16.6. The first-order valence-electron chi connectivity index (χ1n) is 8.20. The predicted molar refractivity (Wildman–Crippen MR) is 76.0 cm³/mol. The average molecular weight is 312 g/mol. The molecule has 6 nitrogen and oxygen atoms in total. The first kappa shape index (κ1) is 15.7. The van der Waals surface area contributed by atoms with Crippen LogP contribution >= 0.6 is 0 Å². The Morgan fingerprint density at radius 3 is 1.55 bits per heavy atom. The van der Waals surface area contributed by atoms with Gasteiger partial charge < -0.3 is 18.9 Å². The highest BCUT2D eigenvalue weighted by Crippen LogP contribution is 2.33. The Hall–Kier alpha value is -1.14. The van der Waals surface area contributed by atoms with E-state index in [2.05, 4.69) is 0 Å². The van der Waals surface area contributed by atoms with Gasteiger partial charge in [0.15, 0.2) is 0 Å². The van der Waals surface area contributed by atoms with E-state index >= 15 is 0 Å². The number of hydrogen-bond acceptors (Lipinski definition) is 6. The van der Waals surface area contributed by atoms with Crippen LogP contribution in [0.15, 0.2) is 0 Å². The molecule has 0 amide bonds. The van der Waals surface area contributed by atoms with Gasteiger partial charge in [0.25, 0.3) is 0 Å². The zero-order chi connectivity index (χ0) is 15.7. The van der Waals surface area contributed by atoms with Crippen LogP contribution in [-0.2, 0) is 28.5 Å². The number of ether oxygens (including phenoxy) is 4. The first-order chi connectivity index (χ1) is 10.6. The second kappa shape index (κ2) is 6.54. The SMILES string of the molecule is CC(OC(=O)C1CCCCC1C(=O)OC(C)C1CO1)C1CO1. The van der Waals surface area contributed by atoms with Crippen molar-refractivity contribution in [3.8, 4) is 0 Å². The molecule has 3 rings (SSSR count). The molecule has 2 aliphatic heterocycles. The van der Waals surface area contributed by atoms with Crippen molar-refractivity contribution in [2.75, 3.05) is 13.2 Å².